The lowest BCUT2D eigenvalue weighted by atomic mass is 9.75. The Morgan fingerprint density at radius 2 is 2.10 bits per heavy atom. The zero-order valence-corrected chi connectivity index (χ0v) is 12.9. The third-order valence-corrected chi connectivity index (χ3v) is 4.60. The van der Waals surface area contributed by atoms with E-state index >= 15 is 0 Å². The summed E-state index contributed by atoms with van der Waals surface area (Å²) in [6.45, 7) is 6.00. The van der Waals surface area contributed by atoms with Crippen LogP contribution >= 0.6 is 0 Å². The van der Waals surface area contributed by atoms with Crippen molar-refractivity contribution in [2.24, 2.45) is 5.41 Å². The molecule has 0 bridgehead atoms. The van der Waals surface area contributed by atoms with Gasteiger partial charge in [0.05, 0.1) is 11.3 Å². The Labute approximate surface area is 126 Å². The fourth-order valence-corrected chi connectivity index (χ4v) is 3.16. The number of benzene rings is 1. The van der Waals surface area contributed by atoms with Gasteiger partial charge in [-0.25, -0.2) is 0 Å². The maximum absolute atomic E-state index is 12.5. The summed E-state index contributed by atoms with van der Waals surface area (Å²) < 4.78 is 5.67. The van der Waals surface area contributed by atoms with Crippen LogP contribution < -0.4 is 15.4 Å². The molecular weight excluding hydrogens is 264 g/mol. The van der Waals surface area contributed by atoms with Gasteiger partial charge >= 0.3 is 0 Å². The number of amides is 1. The Hall–Kier alpha value is -1.71. The van der Waals surface area contributed by atoms with E-state index < -0.39 is 0 Å². The molecule has 4 heteroatoms. The van der Waals surface area contributed by atoms with E-state index in [1.54, 1.807) is 0 Å². The number of carbonyl (C=O) groups excluding carboxylic acids is 1. The molecule has 1 heterocycles. The van der Waals surface area contributed by atoms with Gasteiger partial charge in [0.1, 0.15) is 6.61 Å². The molecule has 1 amide bonds. The van der Waals surface area contributed by atoms with E-state index in [9.17, 15) is 4.79 Å². The number of rotatable bonds is 2. The lowest BCUT2D eigenvalue weighted by molar-refractivity contribution is 0.0905. The van der Waals surface area contributed by atoms with Crippen molar-refractivity contribution in [3.05, 3.63) is 23.8 Å². The van der Waals surface area contributed by atoms with Crippen molar-refractivity contribution >= 4 is 11.6 Å². The molecule has 0 unspecified atom stereocenters. The Balaban J connectivity index is 1.69. The fourth-order valence-electron chi connectivity index (χ4n) is 3.16. The highest BCUT2D eigenvalue weighted by molar-refractivity contribution is 5.99. The van der Waals surface area contributed by atoms with E-state index in [1.165, 1.54) is 12.8 Å². The summed E-state index contributed by atoms with van der Waals surface area (Å²) in [7, 11) is 0. The normalized spacial score (nSPS) is 20.9. The first kappa shape index (κ1) is 14.2. The number of ether oxygens (including phenoxy) is 1. The number of hydrogen-bond donors (Lipinski definition) is 2. The van der Waals surface area contributed by atoms with Crippen molar-refractivity contribution in [3.63, 3.8) is 0 Å². The van der Waals surface area contributed by atoms with Crippen LogP contribution in [0.15, 0.2) is 18.2 Å². The predicted octanol–water partition coefficient (Wildman–Crippen LogP) is 3.19. The van der Waals surface area contributed by atoms with Gasteiger partial charge in [0.15, 0.2) is 5.75 Å². The molecule has 2 aliphatic rings. The number of hydrogen-bond acceptors (Lipinski definition) is 3. The summed E-state index contributed by atoms with van der Waals surface area (Å²) in [6.07, 6.45) is 4.46. The zero-order chi connectivity index (χ0) is 14.9. The number of para-hydroxylation sites is 1. The van der Waals surface area contributed by atoms with Gasteiger partial charge in [-0.1, -0.05) is 19.9 Å². The van der Waals surface area contributed by atoms with Crippen LogP contribution in [-0.2, 0) is 0 Å². The highest BCUT2D eigenvalue weighted by Crippen LogP contribution is 2.36. The smallest absolute Gasteiger partial charge is 0.255 e. The molecule has 1 aromatic rings. The van der Waals surface area contributed by atoms with Gasteiger partial charge in [0.2, 0.25) is 0 Å². The van der Waals surface area contributed by atoms with Gasteiger partial charge in [-0.15, -0.1) is 0 Å². The van der Waals surface area contributed by atoms with Gasteiger partial charge in [-0.3, -0.25) is 4.79 Å². The average molecular weight is 288 g/mol. The monoisotopic (exact) mass is 288 g/mol. The van der Waals surface area contributed by atoms with Crippen LogP contribution in [0, 0.1) is 5.41 Å². The van der Waals surface area contributed by atoms with Crippen molar-refractivity contribution in [1.82, 2.24) is 5.32 Å². The number of fused-ring (bicyclic) bond motifs is 1. The first-order valence-electron chi connectivity index (χ1n) is 7.86. The Kier molecular flexibility index (Phi) is 3.79. The first-order chi connectivity index (χ1) is 10.1. The van der Waals surface area contributed by atoms with Crippen LogP contribution in [0.5, 0.6) is 5.75 Å². The van der Waals surface area contributed by atoms with Crippen LogP contribution in [0.1, 0.15) is 49.9 Å². The molecule has 1 aliphatic heterocycles. The van der Waals surface area contributed by atoms with E-state index in [1.807, 2.05) is 18.2 Å². The molecule has 1 saturated carbocycles. The molecule has 21 heavy (non-hydrogen) atoms. The maximum atomic E-state index is 12.5. The molecule has 4 nitrogen and oxygen atoms in total. The summed E-state index contributed by atoms with van der Waals surface area (Å²) in [5.41, 5.74) is 1.98. The van der Waals surface area contributed by atoms with Crippen molar-refractivity contribution in [2.45, 2.75) is 45.6 Å². The summed E-state index contributed by atoms with van der Waals surface area (Å²) in [4.78, 5) is 12.5. The molecule has 3 rings (SSSR count). The topological polar surface area (TPSA) is 50.4 Å². The molecule has 0 aromatic heterocycles. The molecule has 0 saturated heterocycles. The summed E-state index contributed by atoms with van der Waals surface area (Å²) >= 11 is 0. The van der Waals surface area contributed by atoms with Crippen LogP contribution in [0.25, 0.3) is 0 Å². The number of anilines is 1. The van der Waals surface area contributed by atoms with Crippen molar-refractivity contribution in [2.75, 3.05) is 18.5 Å². The average Bonchev–Trinajstić information content (AvgIpc) is 2.49. The van der Waals surface area contributed by atoms with Crippen molar-refractivity contribution in [1.29, 1.82) is 0 Å². The van der Waals surface area contributed by atoms with Crippen molar-refractivity contribution < 1.29 is 9.53 Å². The molecule has 1 aromatic carbocycles. The lowest BCUT2D eigenvalue weighted by Gasteiger charge is -2.34. The first-order valence-corrected chi connectivity index (χ1v) is 7.86. The minimum atomic E-state index is -0.0137. The standard InChI is InChI=1S/C17H24N2O2/c1-17(2)8-6-12(7-9-17)19-16(20)13-4-3-5-14-15(13)21-11-10-18-14/h3-5,12,18H,6-11H2,1-2H3,(H,19,20). The van der Waals surface area contributed by atoms with E-state index in [0.29, 0.717) is 23.3 Å². The van der Waals surface area contributed by atoms with E-state index in [4.69, 9.17) is 4.74 Å². The molecule has 1 aliphatic carbocycles. The van der Waals surface area contributed by atoms with Crippen LogP contribution in [-0.4, -0.2) is 25.1 Å². The van der Waals surface area contributed by atoms with E-state index in [2.05, 4.69) is 24.5 Å². The third-order valence-electron chi connectivity index (χ3n) is 4.60. The van der Waals surface area contributed by atoms with Gasteiger partial charge < -0.3 is 15.4 Å². The quantitative estimate of drug-likeness (QED) is 0.878. The largest absolute Gasteiger partial charge is 0.489 e. The molecule has 0 atom stereocenters. The van der Waals surface area contributed by atoms with Crippen LogP contribution in [0.3, 0.4) is 0 Å². The number of carbonyl (C=O) groups is 1. The molecule has 114 valence electrons. The number of nitrogens with one attached hydrogen (secondary N) is 2. The van der Waals surface area contributed by atoms with E-state index in [-0.39, 0.29) is 11.9 Å². The van der Waals surface area contributed by atoms with Gasteiger partial charge in [0.25, 0.3) is 5.91 Å². The maximum Gasteiger partial charge on any atom is 0.255 e. The molecular formula is C17H24N2O2. The second-order valence-electron chi connectivity index (χ2n) is 6.87. The van der Waals surface area contributed by atoms with Gasteiger partial charge in [0, 0.05) is 12.6 Å². The highest BCUT2D eigenvalue weighted by atomic mass is 16.5. The lowest BCUT2D eigenvalue weighted by Crippen LogP contribution is -2.39. The molecule has 2 N–H and O–H groups in total. The Morgan fingerprint density at radius 1 is 1.33 bits per heavy atom. The molecule has 1 fully saturated rings. The second-order valence-corrected chi connectivity index (χ2v) is 6.87. The zero-order valence-electron chi connectivity index (χ0n) is 12.9. The van der Waals surface area contributed by atoms with Crippen LogP contribution in [0.4, 0.5) is 5.69 Å². The minimum absolute atomic E-state index is 0.0137. The SMILES string of the molecule is CC1(C)CCC(NC(=O)c2cccc3c2OCCN3)CC1. The van der Waals surface area contributed by atoms with Crippen LogP contribution in [0.2, 0.25) is 0 Å². The third kappa shape index (κ3) is 3.14. The molecule has 0 radical (unpaired) electrons. The summed E-state index contributed by atoms with van der Waals surface area (Å²) in [5.74, 6) is 0.678. The van der Waals surface area contributed by atoms with Gasteiger partial charge in [-0.05, 0) is 43.2 Å². The second kappa shape index (κ2) is 5.58. The Morgan fingerprint density at radius 3 is 2.86 bits per heavy atom. The fraction of sp³-hybridized carbons (Fsp3) is 0.588. The van der Waals surface area contributed by atoms with Crippen molar-refractivity contribution in [3.8, 4) is 5.75 Å². The van der Waals surface area contributed by atoms with Gasteiger partial charge in [-0.2, -0.15) is 0 Å². The Bertz CT molecular complexity index is 530. The highest BCUT2D eigenvalue weighted by Gasteiger charge is 2.28. The van der Waals surface area contributed by atoms with E-state index in [0.717, 1.165) is 25.1 Å². The summed E-state index contributed by atoms with van der Waals surface area (Å²) in [5, 5.41) is 6.44. The summed E-state index contributed by atoms with van der Waals surface area (Å²) in [6, 6.07) is 5.99. The molecule has 0 spiro atoms. The minimum Gasteiger partial charge on any atom is -0.489 e. The predicted molar refractivity (Wildman–Crippen MR) is 83.9 cm³/mol.